The van der Waals surface area contributed by atoms with Gasteiger partial charge in [0.2, 0.25) is 0 Å². The molecule has 2 rings (SSSR count). The monoisotopic (exact) mass is 283 g/mol. The van der Waals surface area contributed by atoms with E-state index in [-0.39, 0.29) is 0 Å². The normalized spacial score (nSPS) is 10.0. The van der Waals surface area contributed by atoms with E-state index < -0.39 is 11.7 Å². The smallest absolute Gasteiger partial charge is 0.296 e. The van der Waals surface area contributed by atoms with Crippen LogP contribution in [0.5, 0.6) is 5.75 Å². The van der Waals surface area contributed by atoms with Gasteiger partial charge in [-0.1, -0.05) is 18.2 Å². The molecule has 21 heavy (non-hydrogen) atoms. The maximum Gasteiger partial charge on any atom is 0.296 e. The van der Waals surface area contributed by atoms with Crippen molar-refractivity contribution in [1.29, 1.82) is 0 Å². The molecular weight excluding hydrogens is 266 g/mol. The van der Waals surface area contributed by atoms with Crippen molar-refractivity contribution in [3.63, 3.8) is 0 Å². The fourth-order valence-electron chi connectivity index (χ4n) is 2.06. The first-order valence-corrected chi connectivity index (χ1v) is 6.59. The van der Waals surface area contributed by atoms with Gasteiger partial charge in [0.15, 0.2) is 0 Å². The number of carbonyl (C=O) groups is 2. The van der Waals surface area contributed by atoms with Crippen LogP contribution in [0, 0.1) is 13.8 Å². The highest BCUT2D eigenvalue weighted by molar-refractivity contribution is 6.46. The maximum absolute atomic E-state index is 12.1. The lowest BCUT2D eigenvalue weighted by molar-refractivity contribution is -0.112. The molecule has 0 bridgehead atoms. The number of hydrogen-bond acceptors (Lipinski definition) is 3. The topological polar surface area (TPSA) is 55.4 Å². The van der Waals surface area contributed by atoms with Gasteiger partial charge in [0.05, 0.1) is 7.11 Å². The Morgan fingerprint density at radius 1 is 0.952 bits per heavy atom. The molecule has 0 spiro atoms. The number of carbonyl (C=O) groups excluding carboxylic acids is 2. The van der Waals surface area contributed by atoms with Gasteiger partial charge >= 0.3 is 0 Å². The third kappa shape index (κ3) is 3.28. The summed E-state index contributed by atoms with van der Waals surface area (Å²) < 4.78 is 5.02. The standard InChI is InChI=1S/C17H17NO3/c1-11-5-4-6-12(2)15(11)18-17(20)16(19)13-7-9-14(21-3)10-8-13/h4-10H,1-3H3,(H,18,20). The molecule has 0 radical (unpaired) electrons. The summed E-state index contributed by atoms with van der Waals surface area (Å²) >= 11 is 0. The van der Waals surface area contributed by atoms with Crippen LogP contribution in [0.15, 0.2) is 42.5 Å². The lowest BCUT2D eigenvalue weighted by atomic mass is 10.1. The van der Waals surface area contributed by atoms with E-state index >= 15 is 0 Å². The van der Waals surface area contributed by atoms with Gasteiger partial charge in [-0.2, -0.15) is 0 Å². The average molecular weight is 283 g/mol. The zero-order valence-corrected chi connectivity index (χ0v) is 12.3. The van der Waals surface area contributed by atoms with Gasteiger partial charge in [0.1, 0.15) is 5.75 Å². The van der Waals surface area contributed by atoms with Gasteiger partial charge in [-0.15, -0.1) is 0 Å². The molecule has 0 aliphatic rings. The number of methoxy groups -OCH3 is 1. The molecule has 108 valence electrons. The molecule has 0 aromatic heterocycles. The van der Waals surface area contributed by atoms with Crippen molar-refractivity contribution in [2.24, 2.45) is 0 Å². The highest BCUT2D eigenvalue weighted by Crippen LogP contribution is 2.20. The fourth-order valence-corrected chi connectivity index (χ4v) is 2.06. The summed E-state index contributed by atoms with van der Waals surface area (Å²) in [6.07, 6.45) is 0. The third-order valence-corrected chi connectivity index (χ3v) is 3.28. The molecule has 1 amide bonds. The van der Waals surface area contributed by atoms with Gasteiger partial charge in [-0.3, -0.25) is 9.59 Å². The minimum atomic E-state index is -0.641. The molecule has 2 aromatic carbocycles. The number of ketones is 1. The summed E-state index contributed by atoms with van der Waals surface area (Å²) in [5, 5.41) is 2.69. The van der Waals surface area contributed by atoms with Crippen molar-refractivity contribution < 1.29 is 14.3 Å². The Labute approximate surface area is 123 Å². The van der Waals surface area contributed by atoms with Crippen molar-refractivity contribution in [2.45, 2.75) is 13.8 Å². The molecule has 4 nitrogen and oxygen atoms in total. The van der Waals surface area contributed by atoms with Crippen LogP contribution < -0.4 is 10.1 Å². The van der Waals surface area contributed by atoms with Crippen LogP contribution in [0.25, 0.3) is 0 Å². The number of hydrogen-bond donors (Lipinski definition) is 1. The molecule has 0 fully saturated rings. The van der Waals surface area contributed by atoms with Crippen LogP contribution >= 0.6 is 0 Å². The number of Topliss-reactive ketones (excluding diaryl/α,β-unsaturated/α-hetero) is 1. The highest BCUT2D eigenvalue weighted by Gasteiger charge is 2.17. The number of rotatable bonds is 4. The van der Waals surface area contributed by atoms with Gasteiger partial charge in [0, 0.05) is 11.3 Å². The second kappa shape index (κ2) is 6.22. The van der Waals surface area contributed by atoms with E-state index in [0.717, 1.165) is 11.1 Å². The predicted molar refractivity (Wildman–Crippen MR) is 81.9 cm³/mol. The Bertz CT molecular complexity index is 655. The van der Waals surface area contributed by atoms with Gasteiger partial charge in [0.25, 0.3) is 11.7 Å². The average Bonchev–Trinajstić information content (AvgIpc) is 2.50. The van der Waals surface area contributed by atoms with Crippen LogP contribution in [0.2, 0.25) is 0 Å². The van der Waals surface area contributed by atoms with E-state index in [0.29, 0.717) is 17.0 Å². The molecule has 0 unspecified atom stereocenters. The molecule has 0 saturated heterocycles. The maximum atomic E-state index is 12.1. The molecule has 1 N–H and O–H groups in total. The first-order valence-electron chi connectivity index (χ1n) is 6.59. The van der Waals surface area contributed by atoms with Gasteiger partial charge in [-0.25, -0.2) is 0 Å². The predicted octanol–water partition coefficient (Wildman–Crippen LogP) is 3.13. The molecule has 0 aliphatic carbocycles. The van der Waals surface area contributed by atoms with Crippen molar-refractivity contribution in [2.75, 3.05) is 12.4 Å². The summed E-state index contributed by atoms with van der Waals surface area (Å²) in [4.78, 5) is 24.2. The van der Waals surface area contributed by atoms with Crippen LogP contribution in [0.1, 0.15) is 21.5 Å². The Balaban J connectivity index is 2.17. The first-order chi connectivity index (χ1) is 10.0. The molecular formula is C17H17NO3. The second-order valence-corrected chi connectivity index (χ2v) is 4.78. The Hall–Kier alpha value is -2.62. The summed E-state index contributed by atoms with van der Waals surface area (Å²) in [7, 11) is 1.55. The minimum absolute atomic E-state index is 0.333. The van der Waals surface area contributed by atoms with E-state index in [1.165, 1.54) is 0 Å². The number of para-hydroxylation sites is 1. The summed E-state index contributed by atoms with van der Waals surface area (Å²) in [6, 6.07) is 12.1. The van der Waals surface area contributed by atoms with Crippen LogP contribution in [0.4, 0.5) is 5.69 Å². The SMILES string of the molecule is COc1ccc(C(=O)C(=O)Nc2c(C)cccc2C)cc1. The molecule has 0 heterocycles. The molecule has 0 aliphatic heterocycles. The molecule has 0 saturated carbocycles. The first kappa shape index (κ1) is 14.8. The third-order valence-electron chi connectivity index (χ3n) is 3.28. The van der Waals surface area contributed by atoms with E-state index in [1.807, 2.05) is 32.0 Å². The van der Waals surface area contributed by atoms with Crippen molar-refractivity contribution in [3.05, 3.63) is 59.2 Å². The van der Waals surface area contributed by atoms with E-state index in [4.69, 9.17) is 4.74 Å². The lowest BCUT2D eigenvalue weighted by Crippen LogP contribution is -2.23. The van der Waals surface area contributed by atoms with Crippen molar-refractivity contribution >= 4 is 17.4 Å². The number of amides is 1. The van der Waals surface area contributed by atoms with Gasteiger partial charge < -0.3 is 10.1 Å². The number of ether oxygens (including phenoxy) is 1. The summed E-state index contributed by atoms with van der Waals surface area (Å²) in [6.45, 7) is 3.78. The lowest BCUT2D eigenvalue weighted by Gasteiger charge is -2.11. The van der Waals surface area contributed by atoms with E-state index in [2.05, 4.69) is 5.32 Å². The number of nitrogens with one attached hydrogen (secondary N) is 1. The van der Waals surface area contributed by atoms with Crippen LogP contribution in [-0.4, -0.2) is 18.8 Å². The Kier molecular flexibility index (Phi) is 4.38. The van der Waals surface area contributed by atoms with Crippen molar-refractivity contribution in [1.82, 2.24) is 0 Å². The van der Waals surface area contributed by atoms with Gasteiger partial charge in [-0.05, 0) is 49.2 Å². The Morgan fingerprint density at radius 3 is 2.05 bits per heavy atom. The second-order valence-electron chi connectivity index (χ2n) is 4.78. The minimum Gasteiger partial charge on any atom is -0.497 e. The zero-order chi connectivity index (χ0) is 15.4. The largest absolute Gasteiger partial charge is 0.497 e. The number of anilines is 1. The van der Waals surface area contributed by atoms with Crippen LogP contribution in [-0.2, 0) is 4.79 Å². The summed E-state index contributed by atoms with van der Waals surface area (Å²) in [5.41, 5.74) is 2.86. The zero-order valence-electron chi connectivity index (χ0n) is 12.3. The highest BCUT2D eigenvalue weighted by atomic mass is 16.5. The molecule has 4 heteroatoms. The molecule has 2 aromatic rings. The quantitative estimate of drug-likeness (QED) is 0.693. The number of benzene rings is 2. The Morgan fingerprint density at radius 2 is 1.52 bits per heavy atom. The molecule has 0 atom stereocenters. The van der Waals surface area contributed by atoms with E-state index in [1.54, 1.807) is 31.4 Å². The van der Waals surface area contributed by atoms with Crippen LogP contribution in [0.3, 0.4) is 0 Å². The van der Waals surface area contributed by atoms with Crippen molar-refractivity contribution in [3.8, 4) is 5.75 Å². The fraction of sp³-hybridized carbons (Fsp3) is 0.176. The number of aryl methyl sites for hydroxylation is 2. The summed E-state index contributed by atoms with van der Waals surface area (Å²) in [5.74, 6) is -0.570. The van der Waals surface area contributed by atoms with E-state index in [9.17, 15) is 9.59 Å².